The highest BCUT2D eigenvalue weighted by Crippen LogP contribution is 2.51. The van der Waals surface area contributed by atoms with Crippen LogP contribution >= 0.6 is 0 Å². The first-order valence-corrected chi connectivity index (χ1v) is 6.51. The number of likely N-dealkylation sites (tertiary alicyclic amines) is 1. The van der Waals surface area contributed by atoms with Gasteiger partial charge in [0.25, 0.3) is 0 Å². The number of fused-ring (bicyclic) bond motifs is 1. The number of rotatable bonds is 3. The largest absolute Gasteiger partial charge is 0.477 e. The van der Waals surface area contributed by atoms with E-state index in [0.29, 0.717) is 13.1 Å². The third-order valence-corrected chi connectivity index (χ3v) is 4.13. The third kappa shape index (κ3) is 2.62. The summed E-state index contributed by atoms with van der Waals surface area (Å²) >= 11 is 0. The van der Waals surface area contributed by atoms with Crippen LogP contribution < -0.4 is 4.74 Å². The van der Waals surface area contributed by atoms with Gasteiger partial charge >= 0.3 is 12.3 Å². The average Bonchev–Trinajstić information content (AvgIpc) is 2.86. The highest BCUT2D eigenvalue weighted by molar-refractivity contribution is 5.65. The maximum absolute atomic E-state index is 12.8. The summed E-state index contributed by atoms with van der Waals surface area (Å²) in [4.78, 5) is 15.7. The van der Waals surface area contributed by atoms with Gasteiger partial charge in [0, 0.05) is 25.2 Å². The Hall–Kier alpha value is -1.99. The van der Waals surface area contributed by atoms with Gasteiger partial charge in [-0.05, 0) is 24.0 Å². The molecule has 1 saturated heterocycles. The molecule has 5 nitrogen and oxygen atoms in total. The molecule has 0 bridgehead atoms. The molecule has 1 aliphatic heterocycles. The molecule has 0 unspecified atom stereocenters. The van der Waals surface area contributed by atoms with Crippen molar-refractivity contribution in [2.24, 2.45) is 17.8 Å². The molecular weight excluding hydrogens is 289 g/mol. The van der Waals surface area contributed by atoms with E-state index in [4.69, 9.17) is 9.84 Å². The summed E-state index contributed by atoms with van der Waals surface area (Å²) < 4.78 is 43.5. The molecule has 1 aliphatic carbocycles. The van der Waals surface area contributed by atoms with Crippen LogP contribution in [0.2, 0.25) is 0 Å². The summed E-state index contributed by atoms with van der Waals surface area (Å²) in [6, 6.07) is 2.15. The van der Waals surface area contributed by atoms with Gasteiger partial charge in [-0.2, -0.15) is 13.2 Å². The lowest BCUT2D eigenvalue weighted by Gasteiger charge is -2.16. The normalized spacial score (nSPS) is 27.4. The number of hydrogen-bond acceptors (Lipinski definition) is 3. The van der Waals surface area contributed by atoms with Crippen molar-refractivity contribution in [3.63, 3.8) is 0 Å². The van der Waals surface area contributed by atoms with Crippen LogP contribution in [0.5, 0.6) is 5.88 Å². The minimum Gasteiger partial charge on any atom is -0.477 e. The number of nitrogens with zero attached hydrogens (tertiary/aromatic N) is 2. The lowest BCUT2D eigenvalue weighted by Crippen LogP contribution is -2.30. The van der Waals surface area contributed by atoms with Crippen LogP contribution in [0.1, 0.15) is 5.56 Å². The van der Waals surface area contributed by atoms with Gasteiger partial charge in [0.2, 0.25) is 5.88 Å². The van der Waals surface area contributed by atoms with Crippen molar-refractivity contribution in [2.45, 2.75) is 6.18 Å². The summed E-state index contributed by atoms with van der Waals surface area (Å²) in [7, 11) is 0. The first-order valence-electron chi connectivity index (χ1n) is 6.51. The Morgan fingerprint density at radius 3 is 2.67 bits per heavy atom. The number of ether oxygens (including phenoxy) is 1. The number of piperidine rings is 1. The third-order valence-electron chi connectivity index (χ3n) is 4.13. The van der Waals surface area contributed by atoms with Crippen molar-refractivity contribution < 1.29 is 27.8 Å². The maximum Gasteiger partial charge on any atom is 0.421 e. The average molecular weight is 302 g/mol. The first kappa shape index (κ1) is 14.0. The number of carboxylic acid groups (broad SMARTS) is 1. The van der Waals surface area contributed by atoms with E-state index in [0.717, 1.165) is 6.07 Å². The quantitative estimate of drug-likeness (QED) is 0.931. The van der Waals surface area contributed by atoms with Crippen LogP contribution in [0.25, 0.3) is 0 Å². The fourth-order valence-corrected chi connectivity index (χ4v) is 2.95. The monoisotopic (exact) mass is 302 g/mol. The summed E-state index contributed by atoms with van der Waals surface area (Å²) in [6.07, 6.45) is -4.20. The van der Waals surface area contributed by atoms with Crippen LogP contribution in [0, 0.1) is 17.8 Å². The number of halogens is 3. The Balaban J connectivity index is 1.58. The zero-order valence-corrected chi connectivity index (χ0v) is 10.9. The van der Waals surface area contributed by atoms with E-state index >= 15 is 0 Å². The van der Waals surface area contributed by atoms with E-state index in [9.17, 15) is 18.0 Å². The van der Waals surface area contributed by atoms with E-state index in [1.807, 2.05) is 0 Å². The fourth-order valence-electron chi connectivity index (χ4n) is 2.95. The van der Waals surface area contributed by atoms with Gasteiger partial charge < -0.3 is 14.7 Å². The van der Waals surface area contributed by atoms with Crippen LogP contribution in [0.4, 0.5) is 18.0 Å². The molecule has 1 N–H and O–H groups in total. The van der Waals surface area contributed by atoms with Crippen molar-refractivity contribution in [3.05, 3.63) is 23.9 Å². The Morgan fingerprint density at radius 1 is 1.43 bits per heavy atom. The van der Waals surface area contributed by atoms with E-state index in [-0.39, 0.29) is 24.4 Å². The number of aromatic nitrogens is 1. The molecule has 114 valence electrons. The van der Waals surface area contributed by atoms with E-state index < -0.39 is 23.7 Å². The molecule has 1 amide bonds. The van der Waals surface area contributed by atoms with Crippen LogP contribution in [-0.2, 0) is 6.18 Å². The molecule has 1 aromatic heterocycles. The summed E-state index contributed by atoms with van der Waals surface area (Å²) in [5.74, 6) is 0.0899. The Morgan fingerprint density at radius 2 is 2.10 bits per heavy atom. The van der Waals surface area contributed by atoms with Crippen LogP contribution in [0.15, 0.2) is 18.3 Å². The van der Waals surface area contributed by atoms with Gasteiger partial charge in [0.05, 0.1) is 6.61 Å². The van der Waals surface area contributed by atoms with Crippen LogP contribution in [0.3, 0.4) is 0 Å². The number of pyridine rings is 1. The molecule has 2 aliphatic rings. The fraction of sp³-hybridized carbons (Fsp3) is 0.538. The predicted molar refractivity (Wildman–Crippen MR) is 64.8 cm³/mol. The van der Waals surface area contributed by atoms with Gasteiger partial charge in [-0.25, -0.2) is 9.78 Å². The molecule has 2 fully saturated rings. The number of hydrogen-bond donors (Lipinski definition) is 1. The zero-order valence-electron chi connectivity index (χ0n) is 10.9. The standard InChI is InChI=1S/C13H13F3N2O3/c14-13(15,16)10-2-1-3-17-11(10)21-6-9-7-4-18(12(19)20)5-8(7)9/h1-3,7-9H,4-6H2,(H,19,20)/t7-,8+,9+. The summed E-state index contributed by atoms with van der Waals surface area (Å²) in [6.45, 7) is 1.01. The molecule has 0 radical (unpaired) electrons. The summed E-state index contributed by atoms with van der Waals surface area (Å²) in [5.41, 5.74) is -0.886. The van der Waals surface area contributed by atoms with E-state index in [2.05, 4.69) is 4.98 Å². The lowest BCUT2D eigenvalue weighted by atomic mass is 10.2. The number of carbonyl (C=O) groups is 1. The van der Waals surface area contributed by atoms with Gasteiger partial charge in [-0.1, -0.05) is 0 Å². The second-order valence-corrected chi connectivity index (χ2v) is 5.34. The molecule has 21 heavy (non-hydrogen) atoms. The molecule has 1 aromatic rings. The maximum atomic E-state index is 12.8. The SMILES string of the molecule is O=C(O)N1C[C@@H]2[C@@H](COc3ncccc3C(F)(F)F)[C@@H]2C1. The van der Waals surface area contributed by atoms with E-state index in [1.165, 1.54) is 17.2 Å². The molecule has 0 spiro atoms. The minimum atomic E-state index is -4.50. The van der Waals surface area contributed by atoms with Crippen molar-refractivity contribution >= 4 is 6.09 Å². The van der Waals surface area contributed by atoms with Gasteiger partial charge in [-0.3, -0.25) is 0 Å². The number of alkyl halides is 3. The lowest BCUT2D eigenvalue weighted by molar-refractivity contribution is -0.139. The highest BCUT2D eigenvalue weighted by Gasteiger charge is 2.57. The van der Waals surface area contributed by atoms with Crippen molar-refractivity contribution in [1.82, 2.24) is 9.88 Å². The second-order valence-electron chi connectivity index (χ2n) is 5.34. The molecular formula is C13H13F3N2O3. The smallest absolute Gasteiger partial charge is 0.421 e. The Bertz CT molecular complexity index is 552. The molecule has 8 heteroatoms. The predicted octanol–water partition coefficient (Wildman–Crippen LogP) is 2.34. The van der Waals surface area contributed by atoms with Gasteiger partial charge in [-0.15, -0.1) is 0 Å². The Kier molecular flexibility index (Phi) is 3.18. The molecule has 3 atom stereocenters. The van der Waals surface area contributed by atoms with Gasteiger partial charge in [0.15, 0.2) is 0 Å². The minimum absolute atomic E-state index is 0.115. The topological polar surface area (TPSA) is 62.7 Å². The summed E-state index contributed by atoms with van der Waals surface area (Å²) in [5, 5.41) is 8.83. The first-order chi connectivity index (χ1) is 9.88. The van der Waals surface area contributed by atoms with E-state index in [1.54, 1.807) is 0 Å². The number of amides is 1. The molecule has 1 saturated carbocycles. The zero-order chi connectivity index (χ0) is 15.2. The highest BCUT2D eigenvalue weighted by atomic mass is 19.4. The van der Waals surface area contributed by atoms with Crippen molar-refractivity contribution in [3.8, 4) is 5.88 Å². The van der Waals surface area contributed by atoms with Gasteiger partial charge in [0.1, 0.15) is 5.56 Å². The molecule has 3 rings (SSSR count). The molecule has 2 heterocycles. The Labute approximate surface area is 118 Å². The van der Waals surface area contributed by atoms with Crippen LogP contribution in [-0.4, -0.2) is 40.8 Å². The molecule has 0 aromatic carbocycles. The van der Waals surface area contributed by atoms with Crippen molar-refractivity contribution in [1.29, 1.82) is 0 Å². The second kappa shape index (κ2) is 4.78. The van der Waals surface area contributed by atoms with Crippen molar-refractivity contribution in [2.75, 3.05) is 19.7 Å².